The Morgan fingerprint density at radius 2 is 1.68 bits per heavy atom. The number of carbonyl (C=O) groups is 3. The Morgan fingerprint density at radius 1 is 1.09 bits per heavy atom. The molecule has 0 bridgehead atoms. The van der Waals surface area contributed by atoms with Crippen molar-refractivity contribution in [1.82, 2.24) is 10.2 Å². The van der Waals surface area contributed by atoms with Gasteiger partial charge in [-0.1, -0.05) is 69.3 Å². The zero-order valence-corrected chi connectivity index (χ0v) is 19.9. The van der Waals surface area contributed by atoms with Gasteiger partial charge in [-0.05, 0) is 47.4 Å². The molecule has 7 nitrogen and oxygen atoms in total. The van der Waals surface area contributed by atoms with E-state index in [1.165, 1.54) is 4.90 Å². The van der Waals surface area contributed by atoms with Crippen molar-refractivity contribution in [2.45, 2.75) is 57.5 Å². The molecule has 180 valence electrons. The molecule has 0 aromatic heterocycles. The molecule has 0 radical (unpaired) electrons. The lowest BCUT2D eigenvalue weighted by molar-refractivity contribution is -0.158. The summed E-state index contributed by atoms with van der Waals surface area (Å²) in [6.45, 7) is 5.96. The minimum atomic E-state index is -1.22. The van der Waals surface area contributed by atoms with Crippen LogP contribution in [0.2, 0.25) is 0 Å². The first kappa shape index (κ1) is 23.8. The molecule has 1 aliphatic carbocycles. The molecule has 2 aromatic carbocycles. The van der Waals surface area contributed by atoms with E-state index in [9.17, 15) is 19.5 Å². The van der Waals surface area contributed by atoms with Crippen LogP contribution in [0.25, 0.3) is 11.1 Å². The summed E-state index contributed by atoms with van der Waals surface area (Å²) in [5.74, 6) is -1.67. The third-order valence-electron chi connectivity index (χ3n) is 7.29. The average molecular weight is 465 g/mol. The summed E-state index contributed by atoms with van der Waals surface area (Å²) in [7, 11) is 0. The summed E-state index contributed by atoms with van der Waals surface area (Å²) in [4.78, 5) is 39.6. The van der Waals surface area contributed by atoms with Gasteiger partial charge >= 0.3 is 12.1 Å². The Labute approximate surface area is 200 Å². The van der Waals surface area contributed by atoms with E-state index in [0.29, 0.717) is 25.8 Å². The van der Waals surface area contributed by atoms with Crippen LogP contribution in [0, 0.1) is 5.92 Å². The van der Waals surface area contributed by atoms with E-state index in [4.69, 9.17) is 4.74 Å². The monoisotopic (exact) mass is 464 g/mol. The van der Waals surface area contributed by atoms with Crippen LogP contribution < -0.4 is 5.32 Å². The first-order valence-electron chi connectivity index (χ1n) is 12.0. The number of ether oxygens (including phenoxy) is 1. The molecule has 0 spiro atoms. The largest absolute Gasteiger partial charge is 0.479 e. The van der Waals surface area contributed by atoms with Crippen LogP contribution in [0.5, 0.6) is 0 Å². The number of carbonyl (C=O) groups excluding carboxylic acids is 2. The van der Waals surface area contributed by atoms with E-state index >= 15 is 0 Å². The molecule has 7 heteroatoms. The molecule has 1 unspecified atom stereocenters. The highest BCUT2D eigenvalue weighted by Crippen LogP contribution is 2.44. The summed E-state index contributed by atoms with van der Waals surface area (Å²) >= 11 is 0. The van der Waals surface area contributed by atoms with Gasteiger partial charge in [-0.2, -0.15) is 0 Å². The molecule has 2 amide bonds. The molecule has 1 heterocycles. The quantitative estimate of drug-likeness (QED) is 0.633. The molecule has 2 atom stereocenters. The van der Waals surface area contributed by atoms with Crippen LogP contribution in [0.15, 0.2) is 48.5 Å². The normalized spacial score (nSPS) is 20.1. The Hall–Kier alpha value is -3.35. The number of carboxylic acids is 1. The summed E-state index contributed by atoms with van der Waals surface area (Å²) in [6.07, 6.45) is 0.691. The molecule has 34 heavy (non-hydrogen) atoms. The molecule has 2 aromatic rings. The van der Waals surface area contributed by atoms with Gasteiger partial charge in [-0.15, -0.1) is 0 Å². The standard InChI is InChI=1S/C27H32N2O5/c1-4-27(25(31)32)14-9-15-29(27)24(30)23(17(2)3)28-26(33)34-16-22-20-12-7-5-10-18(20)19-11-6-8-13-21(19)22/h5-8,10-13,17,22-23H,4,9,14-16H2,1-3H3,(H,28,33)(H,31,32)/t23-,27?/m1/s1. The summed E-state index contributed by atoms with van der Waals surface area (Å²) in [5.41, 5.74) is 3.29. The molecule has 1 fully saturated rings. The summed E-state index contributed by atoms with van der Waals surface area (Å²) in [6, 6.07) is 15.3. The molecule has 4 rings (SSSR count). The van der Waals surface area contributed by atoms with Gasteiger partial charge in [0.05, 0.1) is 0 Å². The average Bonchev–Trinajstić information content (AvgIpc) is 3.41. The predicted molar refractivity (Wildman–Crippen MR) is 128 cm³/mol. The van der Waals surface area contributed by atoms with Gasteiger partial charge in [0, 0.05) is 12.5 Å². The third kappa shape index (κ3) is 4.04. The topological polar surface area (TPSA) is 95.9 Å². The van der Waals surface area contributed by atoms with Gasteiger partial charge in [0.15, 0.2) is 0 Å². The fraction of sp³-hybridized carbons (Fsp3) is 0.444. The van der Waals surface area contributed by atoms with Gasteiger partial charge in [0.1, 0.15) is 18.2 Å². The van der Waals surface area contributed by atoms with Crippen molar-refractivity contribution in [3.05, 3.63) is 59.7 Å². The second kappa shape index (κ2) is 9.49. The molecular formula is C27H32N2O5. The Kier molecular flexibility index (Phi) is 6.64. The number of aliphatic carboxylic acids is 1. The molecule has 0 saturated carbocycles. The molecular weight excluding hydrogens is 432 g/mol. The molecule has 2 aliphatic rings. The number of nitrogens with one attached hydrogen (secondary N) is 1. The number of hydrogen-bond donors (Lipinski definition) is 2. The number of hydrogen-bond acceptors (Lipinski definition) is 4. The van der Waals surface area contributed by atoms with Crippen LogP contribution in [-0.2, 0) is 14.3 Å². The minimum Gasteiger partial charge on any atom is -0.479 e. The van der Waals surface area contributed by atoms with Crippen LogP contribution in [0.4, 0.5) is 4.79 Å². The fourth-order valence-corrected chi connectivity index (χ4v) is 5.39. The predicted octanol–water partition coefficient (Wildman–Crippen LogP) is 4.41. The van der Waals surface area contributed by atoms with Crippen molar-refractivity contribution in [3.63, 3.8) is 0 Å². The van der Waals surface area contributed by atoms with Crippen molar-refractivity contribution >= 4 is 18.0 Å². The highest BCUT2D eigenvalue weighted by Gasteiger charge is 2.50. The summed E-state index contributed by atoms with van der Waals surface area (Å²) < 4.78 is 5.62. The Bertz CT molecular complexity index is 1050. The number of rotatable bonds is 7. The first-order chi connectivity index (χ1) is 16.3. The van der Waals surface area contributed by atoms with Crippen LogP contribution >= 0.6 is 0 Å². The number of alkyl carbamates (subject to hydrolysis) is 1. The van der Waals surface area contributed by atoms with E-state index in [2.05, 4.69) is 17.4 Å². The van der Waals surface area contributed by atoms with E-state index in [0.717, 1.165) is 22.3 Å². The van der Waals surface area contributed by atoms with Crippen LogP contribution in [0.3, 0.4) is 0 Å². The Morgan fingerprint density at radius 3 is 2.21 bits per heavy atom. The number of amides is 2. The van der Waals surface area contributed by atoms with Crippen LogP contribution in [0.1, 0.15) is 57.1 Å². The van der Waals surface area contributed by atoms with E-state index in [-0.39, 0.29) is 24.3 Å². The van der Waals surface area contributed by atoms with Crippen molar-refractivity contribution < 1.29 is 24.2 Å². The number of fused-ring (bicyclic) bond motifs is 3. The van der Waals surface area contributed by atoms with Crippen molar-refractivity contribution in [3.8, 4) is 11.1 Å². The maximum absolute atomic E-state index is 13.4. The molecule has 1 aliphatic heterocycles. The number of nitrogens with zero attached hydrogens (tertiary/aromatic N) is 1. The van der Waals surface area contributed by atoms with Gasteiger partial charge in [-0.3, -0.25) is 4.79 Å². The lowest BCUT2D eigenvalue weighted by Crippen LogP contribution is -2.59. The van der Waals surface area contributed by atoms with E-state index in [1.807, 2.05) is 50.2 Å². The molecule has 2 N–H and O–H groups in total. The SMILES string of the molecule is CCC1(C(=O)O)CCCN1C(=O)[C@H](NC(=O)OCC1c2ccccc2-c2ccccc21)C(C)C. The van der Waals surface area contributed by atoms with E-state index in [1.54, 1.807) is 6.92 Å². The van der Waals surface area contributed by atoms with Crippen molar-refractivity contribution in [2.75, 3.05) is 13.2 Å². The van der Waals surface area contributed by atoms with Crippen LogP contribution in [-0.4, -0.2) is 52.7 Å². The highest BCUT2D eigenvalue weighted by atomic mass is 16.5. The Balaban J connectivity index is 1.47. The highest BCUT2D eigenvalue weighted by molar-refractivity contribution is 5.92. The summed E-state index contributed by atoms with van der Waals surface area (Å²) in [5, 5.41) is 12.6. The second-order valence-corrected chi connectivity index (χ2v) is 9.48. The maximum Gasteiger partial charge on any atom is 0.407 e. The third-order valence-corrected chi connectivity index (χ3v) is 7.29. The smallest absolute Gasteiger partial charge is 0.407 e. The van der Waals surface area contributed by atoms with Gasteiger partial charge < -0.3 is 20.1 Å². The zero-order valence-electron chi connectivity index (χ0n) is 19.9. The first-order valence-corrected chi connectivity index (χ1v) is 12.0. The lowest BCUT2D eigenvalue weighted by atomic mass is 9.91. The van der Waals surface area contributed by atoms with Gasteiger partial charge in [-0.25, -0.2) is 9.59 Å². The van der Waals surface area contributed by atoms with Gasteiger partial charge in [0.2, 0.25) is 5.91 Å². The van der Waals surface area contributed by atoms with E-state index < -0.39 is 23.6 Å². The second-order valence-electron chi connectivity index (χ2n) is 9.48. The number of carboxylic acid groups (broad SMARTS) is 1. The zero-order chi connectivity index (χ0) is 24.5. The maximum atomic E-state index is 13.4. The molecule has 1 saturated heterocycles. The van der Waals surface area contributed by atoms with Gasteiger partial charge in [0.25, 0.3) is 0 Å². The minimum absolute atomic E-state index is 0.0790. The number of benzene rings is 2. The van der Waals surface area contributed by atoms with Crippen molar-refractivity contribution in [1.29, 1.82) is 0 Å². The van der Waals surface area contributed by atoms with Crippen molar-refractivity contribution in [2.24, 2.45) is 5.92 Å². The number of likely N-dealkylation sites (tertiary alicyclic amines) is 1. The lowest BCUT2D eigenvalue weighted by Gasteiger charge is -2.37. The fourth-order valence-electron chi connectivity index (χ4n) is 5.39.